The van der Waals surface area contributed by atoms with E-state index in [2.05, 4.69) is 11.1 Å². The Morgan fingerprint density at radius 3 is 2.47 bits per heavy atom. The smallest absolute Gasteiger partial charge is 0.182 e. The molecule has 0 unspecified atom stereocenters. The number of rotatable bonds is 1. The molecule has 2 nitrogen and oxygen atoms in total. The van der Waals surface area contributed by atoms with Crippen LogP contribution in [0.15, 0.2) is 36.4 Å². The molecule has 0 spiro atoms. The van der Waals surface area contributed by atoms with Gasteiger partial charge in [-0.25, -0.2) is 4.39 Å². The fraction of sp³-hybridized carbons (Fsp3) is 0.133. The van der Waals surface area contributed by atoms with Gasteiger partial charge in [0, 0.05) is 5.69 Å². The zero-order chi connectivity index (χ0) is 13.6. The molecule has 0 saturated carbocycles. The molecule has 0 amide bonds. The van der Waals surface area contributed by atoms with Gasteiger partial charge in [0.25, 0.3) is 0 Å². The van der Waals surface area contributed by atoms with Crippen molar-refractivity contribution in [2.24, 2.45) is 0 Å². The highest BCUT2D eigenvalue weighted by Crippen LogP contribution is 2.23. The Labute approximate surface area is 115 Å². The van der Waals surface area contributed by atoms with Crippen molar-refractivity contribution in [1.29, 1.82) is 0 Å². The Hall–Kier alpha value is -1.94. The minimum atomic E-state index is -0.285. The van der Waals surface area contributed by atoms with E-state index in [9.17, 15) is 4.39 Å². The van der Waals surface area contributed by atoms with E-state index >= 15 is 0 Å². The molecule has 0 fully saturated rings. The first-order valence-electron chi connectivity index (χ1n) is 6.04. The van der Waals surface area contributed by atoms with Crippen LogP contribution in [0.4, 0.5) is 4.39 Å². The highest BCUT2D eigenvalue weighted by molar-refractivity contribution is 7.71. The SMILES string of the molecule is Cc1cc(C)cc(-n2c(=S)[nH]c3c(F)cccc32)c1. The topological polar surface area (TPSA) is 20.7 Å². The third kappa shape index (κ3) is 1.98. The number of benzene rings is 2. The number of hydrogen-bond acceptors (Lipinski definition) is 1. The van der Waals surface area contributed by atoms with E-state index in [-0.39, 0.29) is 5.82 Å². The predicted octanol–water partition coefficient (Wildman–Crippen LogP) is 4.44. The number of para-hydroxylation sites is 1. The minimum Gasteiger partial charge on any atom is -0.328 e. The number of nitrogens with one attached hydrogen (secondary N) is 1. The van der Waals surface area contributed by atoms with Gasteiger partial charge in [0.15, 0.2) is 4.77 Å². The Morgan fingerprint density at radius 1 is 1.11 bits per heavy atom. The van der Waals surface area contributed by atoms with Crippen LogP contribution in [0.5, 0.6) is 0 Å². The van der Waals surface area contributed by atoms with Crippen LogP contribution in [0.1, 0.15) is 11.1 Å². The summed E-state index contributed by atoms with van der Waals surface area (Å²) in [6.07, 6.45) is 0. The van der Waals surface area contributed by atoms with Crippen LogP contribution in [-0.2, 0) is 0 Å². The van der Waals surface area contributed by atoms with Gasteiger partial charge in [-0.05, 0) is 61.5 Å². The molecule has 0 aliphatic rings. The normalized spacial score (nSPS) is 11.1. The van der Waals surface area contributed by atoms with Gasteiger partial charge in [0.2, 0.25) is 0 Å². The molecular weight excluding hydrogens is 259 g/mol. The number of H-pyrrole nitrogens is 1. The molecule has 0 saturated heterocycles. The zero-order valence-corrected chi connectivity index (χ0v) is 11.5. The van der Waals surface area contributed by atoms with Gasteiger partial charge in [-0.2, -0.15) is 0 Å². The summed E-state index contributed by atoms with van der Waals surface area (Å²) >= 11 is 5.32. The van der Waals surface area contributed by atoms with Crippen molar-refractivity contribution < 1.29 is 4.39 Å². The van der Waals surface area contributed by atoms with E-state index in [0.717, 1.165) is 22.3 Å². The summed E-state index contributed by atoms with van der Waals surface area (Å²) in [5.41, 5.74) is 4.48. The number of halogens is 1. The minimum absolute atomic E-state index is 0.285. The highest BCUT2D eigenvalue weighted by Gasteiger charge is 2.10. The quantitative estimate of drug-likeness (QED) is 0.649. The lowest BCUT2D eigenvalue weighted by molar-refractivity contribution is 0.637. The molecule has 0 atom stereocenters. The summed E-state index contributed by atoms with van der Waals surface area (Å²) in [6, 6.07) is 11.2. The summed E-state index contributed by atoms with van der Waals surface area (Å²) in [6.45, 7) is 4.07. The van der Waals surface area contributed by atoms with Crippen molar-refractivity contribution in [3.63, 3.8) is 0 Å². The average Bonchev–Trinajstić information content (AvgIpc) is 2.65. The van der Waals surface area contributed by atoms with E-state index in [0.29, 0.717) is 10.3 Å². The molecule has 0 aliphatic carbocycles. The zero-order valence-electron chi connectivity index (χ0n) is 10.7. The van der Waals surface area contributed by atoms with Crippen LogP contribution in [0.2, 0.25) is 0 Å². The fourth-order valence-electron chi connectivity index (χ4n) is 2.43. The molecule has 0 radical (unpaired) electrons. The van der Waals surface area contributed by atoms with Crippen molar-refractivity contribution in [3.8, 4) is 5.69 Å². The summed E-state index contributed by atoms with van der Waals surface area (Å²) < 4.78 is 16.1. The Kier molecular flexibility index (Phi) is 2.75. The molecule has 1 N–H and O–H groups in total. The Bertz CT molecular complexity index is 810. The van der Waals surface area contributed by atoms with Gasteiger partial charge in [0.05, 0.1) is 5.52 Å². The number of aromatic amines is 1. The summed E-state index contributed by atoms with van der Waals surface area (Å²) in [5, 5.41) is 0. The molecule has 2 aromatic carbocycles. The first-order chi connectivity index (χ1) is 9.06. The van der Waals surface area contributed by atoms with Crippen LogP contribution in [0.3, 0.4) is 0 Å². The van der Waals surface area contributed by atoms with Gasteiger partial charge in [-0.1, -0.05) is 12.1 Å². The van der Waals surface area contributed by atoms with Gasteiger partial charge in [-0.3, -0.25) is 4.57 Å². The lowest BCUT2D eigenvalue weighted by atomic mass is 10.1. The number of imidazole rings is 1. The third-order valence-electron chi connectivity index (χ3n) is 3.13. The maximum absolute atomic E-state index is 13.8. The first kappa shape index (κ1) is 12.1. The van der Waals surface area contributed by atoms with Gasteiger partial charge in [-0.15, -0.1) is 0 Å². The molecular formula is C15H13FN2S. The lowest BCUT2D eigenvalue weighted by Gasteiger charge is -2.07. The van der Waals surface area contributed by atoms with Crippen molar-refractivity contribution in [2.75, 3.05) is 0 Å². The van der Waals surface area contributed by atoms with Gasteiger partial charge >= 0.3 is 0 Å². The molecule has 3 rings (SSSR count). The van der Waals surface area contributed by atoms with Crippen LogP contribution in [0.25, 0.3) is 16.7 Å². The van der Waals surface area contributed by atoms with E-state index in [1.807, 2.05) is 36.6 Å². The molecule has 3 aromatic rings. The molecule has 0 aliphatic heterocycles. The number of nitrogens with zero attached hydrogens (tertiary/aromatic N) is 1. The standard InChI is InChI=1S/C15H13FN2S/c1-9-6-10(2)8-11(7-9)18-13-5-3-4-12(16)14(13)17-15(18)19/h3-8H,1-2H3,(H,17,19). The molecule has 0 bridgehead atoms. The molecule has 4 heteroatoms. The lowest BCUT2D eigenvalue weighted by Crippen LogP contribution is -1.95. The maximum atomic E-state index is 13.8. The highest BCUT2D eigenvalue weighted by atomic mass is 32.1. The summed E-state index contributed by atoms with van der Waals surface area (Å²) in [4.78, 5) is 2.94. The number of aryl methyl sites for hydroxylation is 2. The molecule has 1 aromatic heterocycles. The average molecular weight is 272 g/mol. The van der Waals surface area contributed by atoms with E-state index < -0.39 is 0 Å². The monoisotopic (exact) mass is 272 g/mol. The van der Waals surface area contributed by atoms with Crippen LogP contribution in [-0.4, -0.2) is 9.55 Å². The van der Waals surface area contributed by atoms with Gasteiger partial charge in [0.1, 0.15) is 11.3 Å². The Balaban J connectivity index is 2.39. The van der Waals surface area contributed by atoms with E-state index in [1.165, 1.54) is 6.07 Å². The second-order valence-corrected chi connectivity index (χ2v) is 5.13. The number of hydrogen-bond donors (Lipinski definition) is 1. The second-order valence-electron chi connectivity index (χ2n) is 4.75. The Morgan fingerprint density at radius 2 is 1.79 bits per heavy atom. The predicted molar refractivity (Wildman–Crippen MR) is 77.9 cm³/mol. The summed E-state index contributed by atoms with van der Waals surface area (Å²) in [5.74, 6) is -0.285. The van der Waals surface area contributed by atoms with E-state index in [1.54, 1.807) is 6.07 Å². The van der Waals surface area contributed by atoms with Gasteiger partial charge < -0.3 is 4.98 Å². The van der Waals surface area contributed by atoms with Crippen LogP contribution < -0.4 is 0 Å². The van der Waals surface area contributed by atoms with Crippen molar-refractivity contribution in [1.82, 2.24) is 9.55 Å². The fourth-order valence-corrected chi connectivity index (χ4v) is 2.74. The van der Waals surface area contributed by atoms with Crippen molar-refractivity contribution >= 4 is 23.3 Å². The van der Waals surface area contributed by atoms with Crippen LogP contribution >= 0.6 is 12.2 Å². The van der Waals surface area contributed by atoms with Crippen molar-refractivity contribution in [2.45, 2.75) is 13.8 Å². The van der Waals surface area contributed by atoms with Crippen molar-refractivity contribution in [3.05, 3.63) is 58.1 Å². The van der Waals surface area contributed by atoms with E-state index in [4.69, 9.17) is 12.2 Å². The molecule has 96 valence electrons. The van der Waals surface area contributed by atoms with Crippen LogP contribution in [0, 0.1) is 24.4 Å². The third-order valence-corrected chi connectivity index (χ3v) is 3.42. The molecule has 1 heterocycles. The number of aromatic nitrogens is 2. The number of fused-ring (bicyclic) bond motifs is 1. The maximum Gasteiger partial charge on any atom is 0.182 e. The second kappa shape index (κ2) is 4.31. The summed E-state index contributed by atoms with van der Waals surface area (Å²) in [7, 11) is 0. The molecule has 19 heavy (non-hydrogen) atoms. The largest absolute Gasteiger partial charge is 0.328 e. The first-order valence-corrected chi connectivity index (χ1v) is 6.45.